The number of imidazole rings is 1. The van der Waals surface area contributed by atoms with Crippen LogP contribution in [0.2, 0.25) is 10.2 Å². The maximum Gasteiger partial charge on any atom is 0.168 e. The SMILES string of the molecule is Cc1cc(Cl)c(CSc2ncc(CO)n2C)c(Cl)n1. The van der Waals surface area contributed by atoms with Crippen LogP contribution in [0.3, 0.4) is 0 Å². The number of aliphatic hydroxyl groups is 1. The fourth-order valence-corrected chi connectivity index (χ4v) is 3.42. The average Bonchev–Trinajstić information content (AvgIpc) is 2.69. The van der Waals surface area contributed by atoms with Crippen LogP contribution in [0.4, 0.5) is 0 Å². The number of halogens is 2. The fraction of sp³-hybridized carbons (Fsp3) is 0.333. The van der Waals surface area contributed by atoms with Gasteiger partial charge >= 0.3 is 0 Å². The minimum absolute atomic E-state index is 0.0301. The Morgan fingerprint density at radius 1 is 1.42 bits per heavy atom. The third kappa shape index (κ3) is 3.23. The average molecular weight is 318 g/mol. The van der Waals surface area contributed by atoms with Crippen LogP contribution in [0.25, 0.3) is 0 Å². The van der Waals surface area contributed by atoms with Crippen LogP contribution in [-0.4, -0.2) is 19.6 Å². The summed E-state index contributed by atoms with van der Waals surface area (Å²) in [6.07, 6.45) is 1.65. The zero-order chi connectivity index (χ0) is 14.0. The lowest BCUT2D eigenvalue weighted by Gasteiger charge is -2.08. The highest BCUT2D eigenvalue weighted by Crippen LogP contribution is 2.30. The van der Waals surface area contributed by atoms with Crippen LogP contribution in [0.15, 0.2) is 17.4 Å². The standard InChI is InChI=1S/C12H13Cl2N3OS/c1-7-3-10(13)9(11(14)16-7)6-19-12-15-4-8(5-18)17(12)2/h3-4,18H,5-6H2,1-2H3. The summed E-state index contributed by atoms with van der Waals surface area (Å²) in [5.74, 6) is 0.584. The van der Waals surface area contributed by atoms with Crippen LogP contribution in [0, 0.1) is 6.92 Å². The van der Waals surface area contributed by atoms with Gasteiger partial charge in [-0.15, -0.1) is 0 Å². The first-order valence-electron chi connectivity index (χ1n) is 5.58. The lowest BCUT2D eigenvalue weighted by molar-refractivity contribution is 0.271. The largest absolute Gasteiger partial charge is 0.390 e. The van der Waals surface area contributed by atoms with E-state index >= 15 is 0 Å². The van der Waals surface area contributed by atoms with Gasteiger partial charge in [-0.1, -0.05) is 35.0 Å². The Labute approximate surface area is 125 Å². The molecular weight excluding hydrogens is 305 g/mol. The summed E-state index contributed by atoms with van der Waals surface area (Å²) in [6.45, 7) is 1.82. The van der Waals surface area contributed by atoms with Gasteiger partial charge in [0.1, 0.15) is 5.15 Å². The van der Waals surface area contributed by atoms with Crippen molar-refractivity contribution in [3.63, 3.8) is 0 Å². The molecule has 7 heteroatoms. The van der Waals surface area contributed by atoms with Gasteiger partial charge in [-0.25, -0.2) is 9.97 Å². The lowest BCUT2D eigenvalue weighted by atomic mass is 10.3. The molecule has 2 aromatic rings. The van der Waals surface area contributed by atoms with Gasteiger partial charge in [0.05, 0.1) is 18.5 Å². The summed E-state index contributed by atoms with van der Waals surface area (Å²) in [5.41, 5.74) is 2.36. The first-order valence-corrected chi connectivity index (χ1v) is 7.33. The second-order valence-corrected chi connectivity index (χ2v) is 5.76. The van der Waals surface area contributed by atoms with E-state index in [-0.39, 0.29) is 6.61 Å². The zero-order valence-corrected chi connectivity index (χ0v) is 12.9. The van der Waals surface area contributed by atoms with E-state index in [1.54, 1.807) is 12.3 Å². The molecule has 19 heavy (non-hydrogen) atoms. The quantitative estimate of drug-likeness (QED) is 0.695. The van der Waals surface area contributed by atoms with Gasteiger partial charge in [0.25, 0.3) is 0 Å². The molecule has 0 radical (unpaired) electrons. The van der Waals surface area contributed by atoms with Gasteiger partial charge in [-0.3, -0.25) is 0 Å². The molecule has 2 rings (SSSR count). The summed E-state index contributed by atoms with van der Waals surface area (Å²) in [7, 11) is 1.86. The van der Waals surface area contributed by atoms with Crippen LogP contribution < -0.4 is 0 Å². The van der Waals surface area contributed by atoms with Crippen LogP contribution in [-0.2, 0) is 19.4 Å². The highest BCUT2D eigenvalue weighted by molar-refractivity contribution is 7.98. The molecule has 0 aromatic carbocycles. The monoisotopic (exact) mass is 317 g/mol. The number of rotatable bonds is 4. The third-order valence-electron chi connectivity index (χ3n) is 2.70. The first kappa shape index (κ1) is 14.7. The van der Waals surface area contributed by atoms with E-state index in [2.05, 4.69) is 9.97 Å². The Kier molecular flexibility index (Phi) is 4.73. The van der Waals surface area contributed by atoms with E-state index in [9.17, 15) is 0 Å². The zero-order valence-electron chi connectivity index (χ0n) is 10.5. The van der Waals surface area contributed by atoms with Crippen molar-refractivity contribution in [3.05, 3.63) is 39.4 Å². The minimum atomic E-state index is -0.0301. The van der Waals surface area contributed by atoms with Crippen molar-refractivity contribution in [1.82, 2.24) is 14.5 Å². The van der Waals surface area contributed by atoms with Crippen LogP contribution in [0.5, 0.6) is 0 Å². The van der Waals surface area contributed by atoms with E-state index in [1.807, 2.05) is 18.5 Å². The molecule has 0 fully saturated rings. The highest BCUT2D eigenvalue weighted by Gasteiger charge is 2.12. The number of pyridine rings is 1. The Morgan fingerprint density at radius 2 is 2.16 bits per heavy atom. The number of aliphatic hydroxyl groups excluding tert-OH is 1. The molecule has 0 aliphatic heterocycles. The van der Waals surface area contributed by atoms with E-state index in [0.29, 0.717) is 15.9 Å². The number of nitrogens with zero attached hydrogens (tertiary/aromatic N) is 3. The molecule has 0 saturated carbocycles. The molecule has 0 atom stereocenters. The molecule has 2 heterocycles. The Hall–Kier alpha value is -0.750. The Bertz CT molecular complexity index is 578. The van der Waals surface area contributed by atoms with Crippen molar-refractivity contribution < 1.29 is 5.11 Å². The minimum Gasteiger partial charge on any atom is -0.390 e. The number of aromatic nitrogens is 3. The molecule has 0 spiro atoms. The molecule has 102 valence electrons. The fourth-order valence-electron chi connectivity index (χ4n) is 1.60. The third-order valence-corrected chi connectivity index (χ3v) is 4.42. The lowest BCUT2D eigenvalue weighted by Crippen LogP contribution is -1.98. The van der Waals surface area contributed by atoms with E-state index in [4.69, 9.17) is 28.3 Å². The molecule has 0 amide bonds. The van der Waals surface area contributed by atoms with Crippen LogP contribution >= 0.6 is 35.0 Å². The van der Waals surface area contributed by atoms with Gasteiger partial charge < -0.3 is 9.67 Å². The first-order chi connectivity index (χ1) is 9.02. The van der Waals surface area contributed by atoms with Crippen LogP contribution in [0.1, 0.15) is 17.0 Å². The van der Waals surface area contributed by atoms with Crippen molar-refractivity contribution in [3.8, 4) is 0 Å². The number of aryl methyl sites for hydroxylation is 1. The van der Waals surface area contributed by atoms with E-state index < -0.39 is 0 Å². The van der Waals surface area contributed by atoms with E-state index in [1.165, 1.54) is 11.8 Å². The maximum atomic E-state index is 9.11. The molecular formula is C12H13Cl2N3OS. The van der Waals surface area contributed by atoms with E-state index in [0.717, 1.165) is 22.1 Å². The van der Waals surface area contributed by atoms with Crippen molar-refractivity contribution in [2.24, 2.45) is 7.05 Å². The van der Waals surface area contributed by atoms with Gasteiger partial charge in [-0.2, -0.15) is 0 Å². The second kappa shape index (κ2) is 6.13. The number of hydrogen-bond donors (Lipinski definition) is 1. The molecule has 1 N–H and O–H groups in total. The highest BCUT2D eigenvalue weighted by atomic mass is 35.5. The molecule has 2 aromatic heterocycles. The molecule has 0 saturated heterocycles. The summed E-state index contributed by atoms with van der Waals surface area (Å²) >= 11 is 13.8. The predicted octanol–water partition coefficient (Wildman–Crippen LogP) is 3.21. The molecule has 0 unspecified atom stereocenters. The van der Waals surface area contributed by atoms with Crippen molar-refractivity contribution in [2.45, 2.75) is 24.4 Å². The molecule has 4 nitrogen and oxygen atoms in total. The summed E-state index contributed by atoms with van der Waals surface area (Å²) < 4.78 is 1.84. The second-order valence-electron chi connectivity index (χ2n) is 4.05. The molecule has 0 aliphatic carbocycles. The Balaban J connectivity index is 2.17. The van der Waals surface area contributed by atoms with Gasteiger partial charge in [0.15, 0.2) is 5.16 Å². The van der Waals surface area contributed by atoms with Crippen molar-refractivity contribution in [2.75, 3.05) is 0 Å². The summed E-state index contributed by atoms with van der Waals surface area (Å²) in [6, 6.07) is 1.79. The number of thioether (sulfide) groups is 1. The van der Waals surface area contributed by atoms with Crippen molar-refractivity contribution >= 4 is 35.0 Å². The smallest absolute Gasteiger partial charge is 0.168 e. The van der Waals surface area contributed by atoms with Gasteiger partial charge in [-0.05, 0) is 13.0 Å². The predicted molar refractivity (Wildman–Crippen MR) is 77.7 cm³/mol. The summed E-state index contributed by atoms with van der Waals surface area (Å²) in [4.78, 5) is 8.43. The number of hydrogen-bond acceptors (Lipinski definition) is 4. The normalized spacial score (nSPS) is 11.0. The van der Waals surface area contributed by atoms with Gasteiger partial charge in [0, 0.05) is 29.1 Å². The topological polar surface area (TPSA) is 50.9 Å². The summed E-state index contributed by atoms with van der Waals surface area (Å²) in [5, 5.41) is 11.0. The van der Waals surface area contributed by atoms with Gasteiger partial charge in [0.2, 0.25) is 0 Å². The Morgan fingerprint density at radius 3 is 2.74 bits per heavy atom. The maximum absolute atomic E-state index is 9.11. The van der Waals surface area contributed by atoms with Crippen molar-refractivity contribution in [1.29, 1.82) is 0 Å². The molecule has 0 bridgehead atoms. The molecule has 0 aliphatic rings.